The molecule has 2 N–H and O–H groups in total. The van der Waals surface area contributed by atoms with Crippen LogP contribution in [0.2, 0.25) is 0 Å². The van der Waals surface area contributed by atoms with Crippen molar-refractivity contribution in [2.75, 3.05) is 6.61 Å². The fourth-order valence-electron chi connectivity index (χ4n) is 2.02. The van der Waals surface area contributed by atoms with Crippen LogP contribution in [-0.2, 0) is 9.59 Å². The van der Waals surface area contributed by atoms with Gasteiger partial charge in [-0.15, -0.1) is 0 Å². The van der Waals surface area contributed by atoms with Gasteiger partial charge in [-0.2, -0.15) is 0 Å². The van der Waals surface area contributed by atoms with E-state index < -0.39 is 17.8 Å². The summed E-state index contributed by atoms with van der Waals surface area (Å²) in [5, 5.41) is 0. The van der Waals surface area contributed by atoms with E-state index in [0.29, 0.717) is 13.0 Å². The van der Waals surface area contributed by atoms with E-state index in [9.17, 15) is 14.0 Å². The van der Waals surface area contributed by atoms with E-state index in [1.54, 1.807) is 6.07 Å². The molecule has 1 unspecified atom stereocenters. The molecule has 7 heteroatoms. The summed E-state index contributed by atoms with van der Waals surface area (Å²) in [5.74, 6) is -0.787. The molecule has 2 aromatic rings. The Bertz CT molecular complexity index is 724. The van der Waals surface area contributed by atoms with Crippen LogP contribution in [0.5, 0.6) is 11.5 Å². The van der Waals surface area contributed by atoms with Crippen LogP contribution in [-0.4, -0.2) is 24.5 Å². The van der Waals surface area contributed by atoms with E-state index in [0.717, 1.165) is 5.75 Å². The zero-order valence-corrected chi connectivity index (χ0v) is 14.4. The normalized spacial score (nSPS) is 11.3. The molecular weight excluding hydrogens is 339 g/mol. The Morgan fingerprint density at radius 2 is 1.73 bits per heavy atom. The molecular formula is C19H21FN2O4. The van der Waals surface area contributed by atoms with E-state index in [4.69, 9.17) is 9.47 Å². The first-order valence-corrected chi connectivity index (χ1v) is 8.24. The van der Waals surface area contributed by atoms with Crippen LogP contribution in [0, 0.1) is 5.82 Å². The fraction of sp³-hybridized carbons (Fsp3) is 0.263. The summed E-state index contributed by atoms with van der Waals surface area (Å²) in [6, 6.07) is 15.1. The Labute approximate surface area is 151 Å². The van der Waals surface area contributed by atoms with Gasteiger partial charge in [0.2, 0.25) is 5.91 Å². The molecule has 1 atom stereocenters. The third kappa shape index (κ3) is 6.43. The Kier molecular flexibility index (Phi) is 7.42. The predicted molar refractivity (Wildman–Crippen MR) is 93.9 cm³/mol. The molecule has 0 aromatic heterocycles. The minimum absolute atomic E-state index is 0.0282. The van der Waals surface area contributed by atoms with Gasteiger partial charge < -0.3 is 9.47 Å². The number of hydrazine groups is 1. The standard InChI is InChI=1S/C19H21FN2O4/c1-14(26-17-11-6-5-10-16(17)20)19(24)22-21-18(23)12-7-13-25-15-8-3-2-4-9-15/h2-6,8-11,14H,7,12-13H2,1H3,(H,21,23)(H,22,24). The maximum atomic E-state index is 13.5. The van der Waals surface area contributed by atoms with Crippen molar-refractivity contribution < 1.29 is 23.5 Å². The Morgan fingerprint density at radius 1 is 1.04 bits per heavy atom. The van der Waals surface area contributed by atoms with Crippen LogP contribution >= 0.6 is 0 Å². The summed E-state index contributed by atoms with van der Waals surface area (Å²) >= 11 is 0. The Morgan fingerprint density at radius 3 is 2.46 bits per heavy atom. The van der Waals surface area contributed by atoms with Gasteiger partial charge in [-0.05, 0) is 37.6 Å². The molecule has 0 spiro atoms. The number of rotatable bonds is 8. The molecule has 0 saturated heterocycles. The number of benzene rings is 2. The van der Waals surface area contributed by atoms with E-state index in [-0.39, 0.29) is 18.1 Å². The number of nitrogens with one attached hydrogen (secondary N) is 2. The van der Waals surface area contributed by atoms with E-state index in [2.05, 4.69) is 10.9 Å². The van der Waals surface area contributed by atoms with E-state index in [1.807, 2.05) is 30.3 Å². The molecule has 0 bridgehead atoms. The summed E-state index contributed by atoms with van der Waals surface area (Å²) < 4.78 is 24.2. The Hall–Kier alpha value is -3.09. The van der Waals surface area contributed by atoms with Crippen LogP contribution in [0.1, 0.15) is 19.8 Å². The van der Waals surface area contributed by atoms with Gasteiger partial charge >= 0.3 is 0 Å². The van der Waals surface area contributed by atoms with Crippen LogP contribution in [0.4, 0.5) is 4.39 Å². The van der Waals surface area contributed by atoms with Crippen LogP contribution in [0.15, 0.2) is 54.6 Å². The smallest absolute Gasteiger partial charge is 0.279 e. The van der Waals surface area contributed by atoms with Gasteiger partial charge in [-0.25, -0.2) is 4.39 Å². The molecule has 0 aliphatic heterocycles. The molecule has 0 fully saturated rings. The molecule has 0 heterocycles. The minimum Gasteiger partial charge on any atom is -0.494 e. The van der Waals surface area contributed by atoms with Crippen molar-refractivity contribution in [2.45, 2.75) is 25.9 Å². The van der Waals surface area contributed by atoms with Crippen LogP contribution in [0.3, 0.4) is 0 Å². The van der Waals surface area contributed by atoms with Crippen molar-refractivity contribution in [3.63, 3.8) is 0 Å². The minimum atomic E-state index is -0.964. The second-order valence-corrected chi connectivity index (χ2v) is 5.49. The lowest BCUT2D eigenvalue weighted by molar-refractivity contribution is -0.132. The SMILES string of the molecule is CC(Oc1ccccc1F)C(=O)NNC(=O)CCCOc1ccccc1. The zero-order chi connectivity index (χ0) is 18.8. The summed E-state index contributed by atoms with van der Waals surface area (Å²) in [5.41, 5.74) is 4.55. The summed E-state index contributed by atoms with van der Waals surface area (Å²) in [6.07, 6.45) is -0.276. The molecule has 2 aromatic carbocycles. The Balaban J connectivity index is 1.63. The van der Waals surface area contributed by atoms with Crippen molar-refractivity contribution in [1.29, 1.82) is 0 Å². The lowest BCUT2D eigenvalue weighted by Crippen LogP contribution is -2.47. The highest BCUT2D eigenvalue weighted by Gasteiger charge is 2.16. The third-order valence-corrected chi connectivity index (χ3v) is 3.39. The zero-order valence-electron chi connectivity index (χ0n) is 14.4. The number of carbonyl (C=O) groups is 2. The van der Waals surface area contributed by atoms with Crippen LogP contribution < -0.4 is 20.3 Å². The van der Waals surface area contributed by atoms with Crippen molar-refractivity contribution in [3.05, 3.63) is 60.4 Å². The second kappa shape index (κ2) is 10.0. The topological polar surface area (TPSA) is 76.7 Å². The summed E-state index contributed by atoms with van der Waals surface area (Å²) in [6.45, 7) is 1.85. The van der Waals surface area contributed by atoms with Gasteiger partial charge in [-0.3, -0.25) is 20.4 Å². The molecule has 2 amide bonds. The molecule has 0 aliphatic carbocycles. The number of hydrogen-bond acceptors (Lipinski definition) is 4. The van der Waals surface area contributed by atoms with Crippen LogP contribution in [0.25, 0.3) is 0 Å². The molecule has 0 aliphatic rings. The van der Waals surface area contributed by atoms with Gasteiger partial charge in [0.25, 0.3) is 5.91 Å². The number of ether oxygens (including phenoxy) is 2. The number of para-hydroxylation sites is 2. The highest BCUT2D eigenvalue weighted by molar-refractivity contribution is 5.84. The number of amides is 2. The maximum absolute atomic E-state index is 13.5. The van der Waals surface area contributed by atoms with Gasteiger partial charge in [0.05, 0.1) is 6.61 Å². The highest BCUT2D eigenvalue weighted by Crippen LogP contribution is 2.16. The van der Waals surface area contributed by atoms with Crippen molar-refractivity contribution >= 4 is 11.8 Å². The first kappa shape index (κ1) is 19.2. The van der Waals surface area contributed by atoms with Gasteiger partial charge in [0.15, 0.2) is 17.7 Å². The molecule has 138 valence electrons. The fourth-order valence-corrected chi connectivity index (χ4v) is 2.02. The van der Waals surface area contributed by atoms with E-state index in [1.165, 1.54) is 25.1 Å². The molecule has 2 rings (SSSR count). The highest BCUT2D eigenvalue weighted by atomic mass is 19.1. The average Bonchev–Trinajstić information content (AvgIpc) is 2.66. The van der Waals surface area contributed by atoms with Gasteiger partial charge in [-0.1, -0.05) is 30.3 Å². The second-order valence-electron chi connectivity index (χ2n) is 5.49. The quantitative estimate of drug-likeness (QED) is 0.560. The molecule has 26 heavy (non-hydrogen) atoms. The van der Waals surface area contributed by atoms with Gasteiger partial charge in [0.1, 0.15) is 5.75 Å². The third-order valence-electron chi connectivity index (χ3n) is 3.39. The number of halogens is 1. The predicted octanol–water partition coefficient (Wildman–Crippen LogP) is 2.60. The van der Waals surface area contributed by atoms with E-state index >= 15 is 0 Å². The van der Waals surface area contributed by atoms with Gasteiger partial charge in [0, 0.05) is 6.42 Å². The summed E-state index contributed by atoms with van der Waals surface area (Å²) in [4.78, 5) is 23.6. The molecule has 0 radical (unpaired) electrons. The maximum Gasteiger partial charge on any atom is 0.279 e. The molecule has 0 saturated carbocycles. The summed E-state index contributed by atoms with van der Waals surface area (Å²) in [7, 11) is 0. The average molecular weight is 360 g/mol. The monoisotopic (exact) mass is 360 g/mol. The number of carbonyl (C=O) groups excluding carboxylic acids is 2. The lowest BCUT2D eigenvalue weighted by Gasteiger charge is -2.15. The van der Waals surface area contributed by atoms with Crippen molar-refractivity contribution in [3.8, 4) is 11.5 Å². The van der Waals surface area contributed by atoms with Crippen molar-refractivity contribution in [2.24, 2.45) is 0 Å². The largest absolute Gasteiger partial charge is 0.494 e. The van der Waals surface area contributed by atoms with Crippen molar-refractivity contribution in [1.82, 2.24) is 10.9 Å². The first-order valence-electron chi connectivity index (χ1n) is 8.24. The molecule has 6 nitrogen and oxygen atoms in total. The first-order chi connectivity index (χ1) is 12.6. The lowest BCUT2D eigenvalue weighted by atomic mass is 10.3. The number of hydrogen-bond donors (Lipinski definition) is 2.